The Bertz CT molecular complexity index is 1210. The molecule has 2 N–H and O–H groups in total. The first-order valence-corrected chi connectivity index (χ1v) is 12.3. The number of aliphatic hydroxyl groups excluding tert-OH is 1. The van der Waals surface area contributed by atoms with Crippen molar-refractivity contribution in [3.8, 4) is 0 Å². The van der Waals surface area contributed by atoms with Crippen molar-refractivity contribution in [2.45, 2.75) is 38.5 Å². The number of aliphatic imine (C=N–C) groups is 2. The number of aromatic nitrogens is 1. The summed E-state index contributed by atoms with van der Waals surface area (Å²) in [5.74, 6) is 0.291. The Hall–Kier alpha value is -3.36. The van der Waals surface area contributed by atoms with Crippen molar-refractivity contribution in [3.05, 3.63) is 94.2 Å². The fourth-order valence-corrected chi connectivity index (χ4v) is 4.03. The number of hydrogen-bond acceptors (Lipinski definition) is 7. The maximum atomic E-state index is 12.5. The van der Waals surface area contributed by atoms with Gasteiger partial charge in [0.2, 0.25) is 0 Å². The minimum absolute atomic E-state index is 0.173. The number of esters is 1. The average molecular weight is 535 g/mol. The summed E-state index contributed by atoms with van der Waals surface area (Å²) in [6, 6.07) is 20.6. The van der Waals surface area contributed by atoms with Crippen molar-refractivity contribution >= 4 is 39.1 Å². The lowest BCUT2D eigenvalue weighted by molar-refractivity contribution is -0.145. The van der Waals surface area contributed by atoms with E-state index in [0.717, 1.165) is 27.0 Å². The normalized spacial score (nSPS) is 15.8. The molecule has 2 heterocycles. The summed E-state index contributed by atoms with van der Waals surface area (Å²) in [5.41, 5.74) is 3.92. The number of aliphatic hydroxyl groups is 1. The molecule has 3 aromatic rings. The Morgan fingerprint density at radius 2 is 1.94 bits per heavy atom. The van der Waals surface area contributed by atoms with Crippen LogP contribution in [0.1, 0.15) is 36.6 Å². The number of nitrogens with one attached hydrogen (secondary N) is 1. The van der Waals surface area contributed by atoms with Crippen molar-refractivity contribution in [2.75, 3.05) is 6.54 Å². The molecule has 0 radical (unpaired) electrons. The summed E-state index contributed by atoms with van der Waals surface area (Å²) in [6.07, 6.45) is 1.72. The highest BCUT2D eigenvalue weighted by molar-refractivity contribution is 9.10. The number of benzene rings is 2. The molecule has 1 aromatic heterocycles. The Labute approximate surface area is 213 Å². The fourth-order valence-electron chi connectivity index (χ4n) is 3.67. The van der Waals surface area contributed by atoms with Crippen LogP contribution in [0.25, 0.3) is 0 Å². The monoisotopic (exact) mass is 534 g/mol. The summed E-state index contributed by atoms with van der Waals surface area (Å²) in [7, 11) is 0. The zero-order chi connectivity index (χ0) is 24.6. The second-order valence-electron chi connectivity index (χ2n) is 8.28. The Morgan fingerprint density at radius 1 is 1.14 bits per heavy atom. The molecule has 180 valence electrons. The number of pyridine rings is 1. The van der Waals surface area contributed by atoms with Crippen LogP contribution in [0.4, 0.5) is 5.69 Å². The quantitative estimate of drug-likeness (QED) is 0.412. The van der Waals surface area contributed by atoms with Crippen molar-refractivity contribution in [1.82, 2.24) is 10.3 Å². The number of amidine groups is 1. The number of halogens is 1. The molecule has 0 fully saturated rings. The fraction of sp³-hybridized carbons (Fsp3) is 0.259. The average Bonchev–Trinajstić information content (AvgIpc) is 3.02. The second kappa shape index (κ2) is 11.9. The largest absolute Gasteiger partial charge is 0.461 e. The van der Waals surface area contributed by atoms with E-state index in [1.54, 1.807) is 13.1 Å². The highest BCUT2D eigenvalue weighted by Gasteiger charge is 2.25. The molecular weight excluding hydrogens is 508 g/mol. The van der Waals surface area contributed by atoms with E-state index in [-0.39, 0.29) is 19.0 Å². The third kappa shape index (κ3) is 6.83. The molecule has 2 atom stereocenters. The van der Waals surface area contributed by atoms with Crippen LogP contribution in [-0.2, 0) is 16.1 Å². The van der Waals surface area contributed by atoms with Gasteiger partial charge in [-0.25, -0.2) is 4.99 Å². The summed E-state index contributed by atoms with van der Waals surface area (Å²) >= 11 is 3.55. The van der Waals surface area contributed by atoms with Crippen LogP contribution in [0, 0.1) is 0 Å². The molecule has 0 spiro atoms. The third-order valence-corrected chi connectivity index (χ3v) is 5.90. The molecule has 8 heteroatoms. The summed E-state index contributed by atoms with van der Waals surface area (Å²) in [6.45, 7) is 2.25. The van der Waals surface area contributed by atoms with Gasteiger partial charge < -0.3 is 15.2 Å². The van der Waals surface area contributed by atoms with E-state index in [2.05, 4.69) is 26.2 Å². The van der Waals surface area contributed by atoms with Gasteiger partial charge in [0.15, 0.2) is 0 Å². The highest BCUT2D eigenvalue weighted by atomic mass is 79.9. The van der Waals surface area contributed by atoms with Crippen molar-refractivity contribution in [2.24, 2.45) is 9.98 Å². The molecule has 4 rings (SSSR count). The first kappa shape index (κ1) is 24.8. The predicted octanol–water partition coefficient (Wildman–Crippen LogP) is 4.59. The SMILES string of the molecule is CC(O)CNC1=Nc2ccc(Br)cc2C(c2ccccn2)=N[C@H]1CCC(=O)OCc1ccccc1. The summed E-state index contributed by atoms with van der Waals surface area (Å²) in [5, 5.41) is 13.1. The molecule has 0 saturated carbocycles. The number of nitrogens with zero attached hydrogens (tertiary/aromatic N) is 3. The van der Waals surface area contributed by atoms with Gasteiger partial charge in [0.25, 0.3) is 0 Å². The van der Waals surface area contributed by atoms with Gasteiger partial charge in [-0.3, -0.25) is 14.8 Å². The lowest BCUT2D eigenvalue weighted by Gasteiger charge is -2.18. The van der Waals surface area contributed by atoms with Crippen LogP contribution in [0.5, 0.6) is 0 Å². The van der Waals surface area contributed by atoms with Gasteiger partial charge >= 0.3 is 5.97 Å². The summed E-state index contributed by atoms with van der Waals surface area (Å²) in [4.78, 5) is 26.9. The smallest absolute Gasteiger partial charge is 0.306 e. The number of fused-ring (bicyclic) bond motifs is 1. The molecule has 7 nitrogen and oxygen atoms in total. The lowest BCUT2D eigenvalue weighted by atomic mass is 10.0. The van der Waals surface area contributed by atoms with Gasteiger partial charge in [0.05, 0.1) is 23.2 Å². The van der Waals surface area contributed by atoms with Gasteiger partial charge in [0.1, 0.15) is 18.5 Å². The number of hydrogen-bond donors (Lipinski definition) is 2. The molecule has 1 aliphatic heterocycles. The Balaban J connectivity index is 1.61. The van der Waals surface area contributed by atoms with Crippen LogP contribution >= 0.6 is 15.9 Å². The molecule has 1 unspecified atom stereocenters. The maximum absolute atomic E-state index is 12.5. The van der Waals surface area contributed by atoms with Crippen LogP contribution < -0.4 is 5.32 Å². The number of ether oxygens (including phenoxy) is 1. The van der Waals surface area contributed by atoms with E-state index in [1.165, 1.54) is 0 Å². The maximum Gasteiger partial charge on any atom is 0.306 e. The standard InChI is InChI=1S/C27H27BrN4O3/c1-18(33)16-30-27-24(12-13-25(34)35-17-19-7-3-2-4-8-19)31-26(23-9-5-6-14-29-23)21-15-20(28)10-11-22(21)32-27/h2-11,14-15,18,24,33H,12-13,16-17H2,1H3,(H,30,32)/t18?,24-/m0/s1. The van der Waals surface area contributed by atoms with Crippen molar-refractivity contribution < 1.29 is 14.6 Å². The van der Waals surface area contributed by atoms with E-state index >= 15 is 0 Å². The highest BCUT2D eigenvalue weighted by Crippen LogP contribution is 2.30. The van der Waals surface area contributed by atoms with E-state index in [4.69, 9.17) is 14.7 Å². The topological polar surface area (TPSA) is 96.2 Å². The number of rotatable bonds is 8. The molecule has 0 aliphatic carbocycles. The van der Waals surface area contributed by atoms with Crippen molar-refractivity contribution in [1.29, 1.82) is 0 Å². The minimum atomic E-state index is -0.568. The Morgan fingerprint density at radius 3 is 2.69 bits per heavy atom. The van der Waals surface area contributed by atoms with E-state index in [0.29, 0.717) is 24.5 Å². The number of carbonyl (C=O) groups is 1. The van der Waals surface area contributed by atoms with Crippen LogP contribution in [0.2, 0.25) is 0 Å². The van der Waals surface area contributed by atoms with Crippen molar-refractivity contribution in [3.63, 3.8) is 0 Å². The molecule has 2 aromatic carbocycles. The Kier molecular flexibility index (Phi) is 8.39. The zero-order valence-corrected chi connectivity index (χ0v) is 21.0. The number of carbonyl (C=O) groups excluding carboxylic acids is 1. The lowest BCUT2D eigenvalue weighted by Crippen LogP contribution is -2.38. The van der Waals surface area contributed by atoms with Crippen LogP contribution in [0.15, 0.2) is 87.4 Å². The molecule has 0 amide bonds. The van der Waals surface area contributed by atoms with E-state index < -0.39 is 12.1 Å². The van der Waals surface area contributed by atoms with Gasteiger partial charge in [-0.1, -0.05) is 52.3 Å². The van der Waals surface area contributed by atoms with Gasteiger partial charge in [-0.2, -0.15) is 0 Å². The molecular formula is C27H27BrN4O3. The minimum Gasteiger partial charge on any atom is -0.461 e. The van der Waals surface area contributed by atoms with Crippen LogP contribution in [0.3, 0.4) is 0 Å². The van der Waals surface area contributed by atoms with Crippen LogP contribution in [-0.4, -0.2) is 46.3 Å². The first-order chi connectivity index (χ1) is 17.0. The molecule has 35 heavy (non-hydrogen) atoms. The summed E-state index contributed by atoms with van der Waals surface area (Å²) < 4.78 is 6.37. The third-order valence-electron chi connectivity index (χ3n) is 5.41. The van der Waals surface area contributed by atoms with Gasteiger partial charge in [-0.05, 0) is 49.2 Å². The molecule has 0 bridgehead atoms. The van der Waals surface area contributed by atoms with E-state index in [9.17, 15) is 9.90 Å². The second-order valence-corrected chi connectivity index (χ2v) is 9.20. The predicted molar refractivity (Wildman–Crippen MR) is 140 cm³/mol. The van der Waals surface area contributed by atoms with E-state index in [1.807, 2.05) is 66.7 Å². The zero-order valence-electron chi connectivity index (χ0n) is 19.4. The molecule has 0 saturated heterocycles. The molecule has 1 aliphatic rings. The van der Waals surface area contributed by atoms with Gasteiger partial charge in [0, 0.05) is 29.2 Å². The first-order valence-electron chi connectivity index (χ1n) is 11.5. The van der Waals surface area contributed by atoms with Gasteiger partial charge in [-0.15, -0.1) is 0 Å².